The summed E-state index contributed by atoms with van der Waals surface area (Å²) in [5, 5.41) is 9.44. The Morgan fingerprint density at radius 1 is 1.08 bits per heavy atom. The van der Waals surface area contributed by atoms with Gasteiger partial charge in [-0.1, -0.05) is 38.2 Å². The largest absolute Gasteiger partial charge is 0.386 e. The summed E-state index contributed by atoms with van der Waals surface area (Å²) in [7, 11) is 0. The van der Waals surface area contributed by atoms with E-state index in [0.717, 1.165) is 6.42 Å². The van der Waals surface area contributed by atoms with Crippen LogP contribution in [0.4, 0.5) is 0 Å². The summed E-state index contributed by atoms with van der Waals surface area (Å²) in [6, 6.07) is 0. The molecule has 0 saturated carbocycles. The molecule has 0 saturated heterocycles. The van der Waals surface area contributed by atoms with Gasteiger partial charge in [-0.2, -0.15) is 0 Å². The molecule has 13 heavy (non-hydrogen) atoms. The molecule has 1 N–H and O–H groups in total. The molecule has 0 unspecified atom stereocenters. The highest BCUT2D eigenvalue weighted by Gasteiger charge is 2.12. The lowest BCUT2D eigenvalue weighted by Gasteiger charge is -2.18. The second-order valence-corrected chi connectivity index (χ2v) is 4.75. The Morgan fingerprint density at radius 3 is 2.00 bits per heavy atom. The van der Waals surface area contributed by atoms with Crippen LogP contribution in [0.25, 0.3) is 0 Å². The predicted molar refractivity (Wildman–Crippen MR) is 58.6 cm³/mol. The van der Waals surface area contributed by atoms with Crippen LogP contribution in [0.3, 0.4) is 0 Å². The van der Waals surface area contributed by atoms with E-state index in [2.05, 4.69) is 26.0 Å². The fourth-order valence-corrected chi connectivity index (χ4v) is 1.17. The number of hydrogen-bond donors (Lipinski definition) is 1. The highest BCUT2D eigenvalue weighted by molar-refractivity contribution is 5.02. The van der Waals surface area contributed by atoms with Gasteiger partial charge >= 0.3 is 0 Å². The Morgan fingerprint density at radius 2 is 1.62 bits per heavy atom. The van der Waals surface area contributed by atoms with Gasteiger partial charge < -0.3 is 5.11 Å². The minimum atomic E-state index is -0.688. The van der Waals surface area contributed by atoms with Crippen molar-refractivity contribution in [2.45, 2.75) is 46.6 Å². The fraction of sp³-hybridized carbons (Fsp3) is 0.667. The first kappa shape index (κ1) is 12.4. The summed E-state index contributed by atoms with van der Waals surface area (Å²) in [5.74, 6) is 0. The van der Waals surface area contributed by atoms with Crippen LogP contribution in [0.1, 0.15) is 41.0 Å². The lowest BCUT2D eigenvalue weighted by molar-refractivity contribution is 0.132. The molecule has 0 rings (SSSR count). The smallest absolute Gasteiger partial charge is 0.0771 e. The van der Waals surface area contributed by atoms with Crippen molar-refractivity contribution in [1.82, 2.24) is 0 Å². The minimum Gasteiger partial charge on any atom is -0.386 e. The highest BCUT2D eigenvalue weighted by atomic mass is 16.3. The zero-order valence-electron chi connectivity index (χ0n) is 9.46. The van der Waals surface area contributed by atoms with E-state index < -0.39 is 5.60 Å². The van der Waals surface area contributed by atoms with Gasteiger partial charge in [-0.25, -0.2) is 0 Å². The van der Waals surface area contributed by atoms with Crippen molar-refractivity contribution in [2.75, 3.05) is 0 Å². The summed E-state index contributed by atoms with van der Waals surface area (Å²) < 4.78 is 0. The van der Waals surface area contributed by atoms with Crippen LogP contribution < -0.4 is 0 Å². The standard InChI is InChI=1S/C12H22O/c1-6-8-11(2,3)9-7-10-12(4,5)13/h6-8,10,13H,9H2,1-5H3/b8-6-,10-7-. The molecule has 0 radical (unpaired) electrons. The van der Waals surface area contributed by atoms with Crippen LogP contribution >= 0.6 is 0 Å². The molecule has 0 atom stereocenters. The summed E-state index contributed by atoms with van der Waals surface area (Å²) >= 11 is 0. The molecular weight excluding hydrogens is 160 g/mol. The molecule has 0 aromatic carbocycles. The number of hydrogen-bond acceptors (Lipinski definition) is 1. The zero-order chi connectivity index (χ0) is 10.5. The first-order valence-corrected chi connectivity index (χ1v) is 4.81. The maximum absolute atomic E-state index is 9.44. The van der Waals surface area contributed by atoms with E-state index in [0.29, 0.717) is 0 Å². The van der Waals surface area contributed by atoms with Crippen LogP contribution in [0, 0.1) is 5.41 Å². The van der Waals surface area contributed by atoms with Gasteiger partial charge in [0.1, 0.15) is 0 Å². The third-order valence-corrected chi connectivity index (χ3v) is 1.79. The highest BCUT2D eigenvalue weighted by Crippen LogP contribution is 2.23. The number of aliphatic hydroxyl groups is 1. The van der Waals surface area contributed by atoms with E-state index in [1.165, 1.54) is 0 Å². The van der Waals surface area contributed by atoms with E-state index in [1.807, 2.05) is 19.1 Å². The van der Waals surface area contributed by atoms with Crippen LogP contribution in [0.2, 0.25) is 0 Å². The maximum atomic E-state index is 9.44. The average Bonchev–Trinajstić information content (AvgIpc) is 1.82. The monoisotopic (exact) mass is 182 g/mol. The van der Waals surface area contributed by atoms with E-state index in [-0.39, 0.29) is 5.41 Å². The van der Waals surface area contributed by atoms with Crippen LogP contribution in [-0.4, -0.2) is 10.7 Å². The molecule has 0 aliphatic rings. The minimum absolute atomic E-state index is 0.191. The molecular formula is C12H22O. The Kier molecular flexibility index (Phi) is 4.41. The molecule has 0 aromatic heterocycles. The van der Waals surface area contributed by atoms with Gasteiger partial charge in [0.15, 0.2) is 0 Å². The van der Waals surface area contributed by atoms with Gasteiger partial charge in [0.2, 0.25) is 0 Å². The predicted octanol–water partition coefficient (Wildman–Crippen LogP) is 3.31. The third-order valence-electron chi connectivity index (χ3n) is 1.79. The Hall–Kier alpha value is -0.560. The van der Waals surface area contributed by atoms with Crippen molar-refractivity contribution < 1.29 is 5.11 Å². The second-order valence-electron chi connectivity index (χ2n) is 4.75. The van der Waals surface area contributed by atoms with Crippen molar-refractivity contribution >= 4 is 0 Å². The van der Waals surface area contributed by atoms with Crippen LogP contribution in [0.15, 0.2) is 24.3 Å². The SMILES string of the molecule is C/C=C\C(C)(C)C/C=C\C(C)(C)O. The number of rotatable bonds is 4. The van der Waals surface area contributed by atoms with E-state index in [9.17, 15) is 5.11 Å². The quantitative estimate of drug-likeness (QED) is 0.661. The van der Waals surface area contributed by atoms with Gasteiger partial charge in [-0.3, -0.25) is 0 Å². The summed E-state index contributed by atoms with van der Waals surface area (Å²) in [4.78, 5) is 0. The lowest BCUT2D eigenvalue weighted by Crippen LogP contribution is -2.14. The van der Waals surface area contributed by atoms with E-state index in [1.54, 1.807) is 13.8 Å². The Labute approximate surface area is 82.2 Å². The van der Waals surface area contributed by atoms with Gasteiger partial charge in [0.05, 0.1) is 5.60 Å². The third kappa shape index (κ3) is 7.79. The summed E-state index contributed by atoms with van der Waals surface area (Å²) in [6.45, 7) is 9.96. The van der Waals surface area contributed by atoms with Gasteiger partial charge in [-0.05, 0) is 32.6 Å². The maximum Gasteiger partial charge on any atom is 0.0771 e. The van der Waals surface area contributed by atoms with Crippen molar-refractivity contribution in [2.24, 2.45) is 5.41 Å². The molecule has 0 bridgehead atoms. The van der Waals surface area contributed by atoms with Crippen LogP contribution in [0.5, 0.6) is 0 Å². The van der Waals surface area contributed by atoms with Crippen molar-refractivity contribution in [1.29, 1.82) is 0 Å². The molecule has 0 aliphatic carbocycles. The first-order chi connectivity index (χ1) is 5.77. The molecule has 0 heterocycles. The molecule has 0 aliphatic heterocycles. The first-order valence-electron chi connectivity index (χ1n) is 4.81. The van der Waals surface area contributed by atoms with Crippen molar-refractivity contribution in [3.05, 3.63) is 24.3 Å². The molecule has 0 aromatic rings. The normalized spacial score (nSPS) is 14.6. The zero-order valence-corrected chi connectivity index (χ0v) is 9.46. The van der Waals surface area contributed by atoms with Gasteiger partial charge in [0.25, 0.3) is 0 Å². The second kappa shape index (κ2) is 4.61. The summed E-state index contributed by atoms with van der Waals surface area (Å²) in [5.41, 5.74) is -0.498. The molecule has 76 valence electrons. The molecule has 0 fully saturated rings. The van der Waals surface area contributed by atoms with E-state index >= 15 is 0 Å². The van der Waals surface area contributed by atoms with E-state index in [4.69, 9.17) is 0 Å². The molecule has 0 spiro atoms. The van der Waals surface area contributed by atoms with Gasteiger partial charge in [-0.15, -0.1) is 0 Å². The van der Waals surface area contributed by atoms with Crippen molar-refractivity contribution in [3.63, 3.8) is 0 Å². The van der Waals surface area contributed by atoms with Crippen LogP contribution in [-0.2, 0) is 0 Å². The molecule has 1 heteroatoms. The number of allylic oxidation sites excluding steroid dienone is 3. The van der Waals surface area contributed by atoms with Crippen molar-refractivity contribution in [3.8, 4) is 0 Å². The average molecular weight is 182 g/mol. The Bertz CT molecular complexity index is 192. The molecule has 0 amide bonds. The summed E-state index contributed by atoms with van der Waals surface area (Å²) in [6.07, 6.45) is 9.10. The lowest BCUT2D eigenvalue weighted by atomic mass is 9.88. The molecule has 1 nitrogen and oxygen atoms in total. The topological polar surface area (TPSA) is 20.2 Å². The fourth-order valence-electron chi connectivity index (χ4n) is 1.17. The Balaban J connectivity index is 4.09. The van der Waals surface area contributed by atoms with Gasteiger partial charge in [0, 0.05) is 0 Å².